The van der Waals surface area contributed by atoms with Crippen LogP contribution in [0.25, 0.3) is 11.0 Å². The average molecular weight is 470 g/mol. The quantitative estimate of drug-likeness (QED) is 0.612. The summed E-state index contributed by atoms with van der Waals surface area (Å²) in [6, 6.07) is 5.29. The van der Waals surface area contributed by atoms with Crippen LogP contribution in [0.5, 0.6) is 0 Å². The second-order valence-corrected chi connectivity index (χ2v) is 13.0. The maximum Gasteiger partial charge on any atom is 0.242 e. The molecule has 2 saturated heterocycles. The average Bonchev–Trinajstić information content (AvgIpc) is 3.26. The first-order chi connectivity index (χ1) is 14.6. The van der Waals surface area contributed by atoms with Gasteiger partial charge in [0.2, 0.25) is 10.0 Å². The van der Waals surface area contributed by atoms with Gasteiger partial charge in [0, 0.05) is 52.9 Å². The Hall–Kier alpha value is -1.53. The van der Waals surface area contributed by atoms with Crippen molar-refractivity contribution in [3.05, 3.63) is 24.0 Å². The summed E-state index contributed by atoms with van der Waals surface area (Å²) in [7, 11) is -3.32. The maximum atomic E-state index is 12.5. The van der Waals surface area contributed by atoms with Gasteiger partial charge in [-0.25, -0.2) is 26.1 Å². The third-order valence-electron chi connectivity index (χ3n) is 6.39. The summed E-state index contributed by atoms with van der Waals surface area (Å²) in [5.41, 5.74) is 1.62. The number of aromatic nitrogens is 2. The number of sulfonamides is 1. The van der Waals surface area contributed by atoms with Crippen LogP contribution < -0.4 is 0 Å². The number of hydrogen-bond donors (Lipinski definition) is 0. The highest BCUT2D eigenvalue weighted by molar-refractivity contribution is 7.91. The number of fused-ring (bicyclic) bond motifs is 1. The molecular weight excluding hydrogens is 438 g/mol. The fourth-order valence-electron chi connectivity index (χ4n) is 4.55. The Balaban J connectivity index is 1.48. The van der Waals surface area contributed by atoms with Crippen molar-refractivity contribution < 1.29 is 16.8 Å². The van der Waals surface area contributed by atoms with Crippen LogP contribution in [0.3, 0.4) is 0 Å². The smallest absolute Gasteiger partial charge is 0.242 e. The Morgan fingerprint density at radius 1 is 1.16 bits per heavy atom. The van der Waals surface area contributed by atoms with E-state index in [2.05, 4.69) is 21.3 Å². The summed E-state index contributed by atoms with van der Waals surface area (Å²) in [6.07, 6.45) is 0.742. The van der Waals surface area contributed by atoms with Crippen molar-refractivity contribution in [3.8, 4) is 0 Å². The molecule has 3 heterocycles. The van der Waals surface area contributed by atoms with Crippen molar-refractivity contribution in [2.24, 2.45) is 0 Å². The number of rotatable bonds is 6. The van der Waals surface area contributed by atoms with Gasteiger partial charge in [-0.05, 0) is 31.5 Å². The molecular formula is C20H31N5O4S2. The topological polar surface area (TPSA) is 95.8 Å². The van der Waals surface area contributed by atoms with Crippen LogP contribution in [0.4, 0.5) is 0 Å². The second kappa shape index (κ2) is 8.43. The summed E-state index contributed by atoms with van der Waals surface area (Å²) >= 11 is 0. The molecule has 172 valence electrons. The van der Waals surface area contributed by atoms with Gasteiger partial charge in [-0.2, -0.15) is 0 Å². The third-order valence-corrected chi connectivity index (χ3v) is 9.95. The monoisotopic (exact) mass is 469 g/mol. The van der Waals surface area contributed by atoms with E-state index >= 15 is 0 Å². The highest BCUT2D eigenvalue weighted by Gasteiger charge is 2.33. The Labute approximate surface area is 184 Å². The van der Waals surface area contributed by atoms with E-state index in [4.69, 9.17) is 4.98 Å². The lowest BCUT2D eigenvalue weighted by molar-refractivity contribution is 0.0977. The fraction of sp³-hybridized carbons (Fsp3) is 0.650. The van der Waals surface area contributed by atoms with Crippen LogP contribution in [0, 0.1) is 0 Å². The van der Waals surface area contributed by atoms with E-state index in [1.807, 2.05) is 6.07 Å². The molecule has 0 saturated carbocycles. The lowest BCUT2D eigenvalue weighted by Crippen LogP contribution is -2.50. The van der Waals surface area contributed by atoms with Gasteiger partial charge < -0.3 is 4.57 Å². The highest BCUT2D eigenvalue weighted by atomic mass is 32.2. The van der Waals surface area contributed by atoms with Crippen molar-refractivity contribution in [2.75, 3.05) is 51.8 Å². The van der Waals surface area contributed by atoms with Gasteiger partial charge in [-0.3, -0.25) is 9.80 Å². The molecule has 2 aliphatic rings. The third kappa shape index (κ3) is 4.51. The van der Waals surface area contributed by atoms with Crippen LogP contribution in [0.15, 0.2) is 23.1 Å². The fourth-order valence-corrected chi connectivity index (χ4v) is 7.24. The summed E-state index contributed by atoms with van der Waals surface area (Å²) < 4.78 is 51.9. The number of benzene rings is 1. The normalized spacial score (nSPS) is 23.2. The van der Waals surface area contributed by atoms with Gasteiger partial charge in [0.25, 0.3) is 0 Å². The zero-order valence-corrected chi connectivity index (χ0v) is 20.0. The van der Waals surface area contributed by atoms with E-state index in [9.17, 15) is 16.8 Å². The molecule has 0 amide bonds. The van der Waals surface area contributed by atoms with E-state index < -0.39 is 19.9 Å². The first-order valence-corrected chi connectivity index (χ1v) is 14.0. The van der Waals surface area contributed by atoms with E-state index in [0.717, 1.165) is 50.5 Å². The Morgan fingerprint density at radius 2 is 1.87 bits per heavy atom. The lowest BCUT2D eigenvalue weighted by Gasteiger charge is -2.37. The van der Waals surface area contributed by atoms with Gasteiger partial charge in [0.05, 0.1) is 34.0 Å². The number of hydrogen-bond acceptors (Lipinski definition) is 7. The molecule has 11 heteroatoms. The van der Waals surface area contributed by atoms with Crippen molar-refractivity contribution in [1.82, 2.24) is 23.7 Å². The summed E-state index contributed by atoms with van der Waals surface area (Å²) in [4.78, 5) is 9.67. The minimum absolute atomic E-state index is 0.157. The molecule has 0 bridgehead atoms. The molecule has 1 aromatic heterocycles. The molecule has 1 atom stereocenters. The van der Waals surface area contributed by atoms with Crippen LogP contribution in [-0.2, 0) is 33.0 Å². The molecule has 2 fully saturated rings. The van der Waals surface area contributed by atoms with Crippen LogP contribution in [0.1, 0.15) is 19.2 Å². The van der Waals surface area contributed by atoms with Crippen LogP contribution >= 0.6 is 0 Å². The molecule has 2 aromatic rings. The molecule has 2 aliphatic heterocycles. The summed E-state index contributed by atoms with van der Waals surface area (Å²) in [5.74, 6) is 1.52. The van der Waals surface area contributed by atoms with E-state index in [0.29, 0.717) is 17.8 Å². The van der Waals surface area contributed by atoms with E-state index in [1.54, 1.807) is 12.1 Å². The molecule has 9 nitrogen and oxygen atoms in total. The molecule has 0 aliphatic carbocycles. The number of nitrogens with zero attached hydrogens (tertiary/aromatic N) is 5. The van der Waals surface area contributed by atoms with Gasteiger partial charge in [-0.15, -0.1) is 0 Å². The first kappa shape index (κ1) is 22.7. The number of aryl methyl sites for hydroxylation is 1. The number of piperazine rings is 1. The Morgan fingerprint density at radius 3 is 2.45 bits per heavy atom. The van der Waals surface area contributed by atoms with Crippen LogP contribution in [0.2, 0.25) is 0 Å². The molecule has 0 radical (unpaired) electrons. The Kier molecular flexibility index (Phi) is 6.16. The van der Waals surface area contributed by atoms with E-state index in [1.165, 1.54) is 18.4 Å². The predicted octanol–water partition coefficient (Wildman–Crippen LogP) is 0.611. The zero-order chi connectivity index (χ0) is 22.4. The van der Waals surface area contributed by atoms with Crippen molar-refractivity contribution in [1.29, 1.82) is 0 Å². The highest BCUT2D eigenvalue weighted by Crippen LogP contribution is 2.24. The van der Waals surface area contributed by atoms with Crippen molar-refractivity contribution in [2.45, 2.75) is 37.4 Å². The predicted molar refractivity (Wildman–Crippen MR) is 120 cm³/mol. The maximum absolute atomic E-state index is 12.5. The van der Waals surface area contributed by atoms with Gasteiger partial charge in [0.15, 0.2) is 9.84 Å². The standard InChI is InChI=1S/C20H31N5O4S2/c1-4-25-19-6-5-17(31(28,29)22(2)3)13-18(19)21-20(25)14-23-8-10-24(11-9-23)16-7-12-30(26,27)15-16/h5-6,13,16H,4,7-12,14-15H2,1-3H3. The molecule has 0 N–H and O–H groups in total. The summed E-state index contributed by atoms with van der Waals surface area (Å²) in [5, 5.41) is 0. The molecule has 1 aromatic carbocycles. The molecule has 31 heavy (non-hydrogen) atoms. The minimum atomic E-state index is -3.50. The molecule has 1 unspecified atom stereocenters. The number of imidazole rings is 1. The van der Waals surface area contributed by atoms with E-state index in [-0.39, 0.29) is 16.7 Å². The minimum Gasteiger partial charge on any atom is -0.327 e. The van der Waals surface area contributed by atoms with Crippen LogP contribution in [-0.4, -0.2) is 98.3 Å². The SMILES string of the molecule is CCn1c(CN2CCN(C3CCS(=O)(=O)C3)CC2)nc2cc(S(=O)(=O)N(C)C)ccc21. The largest absolute Gasteiger partial charge is 0.327 e. The van der Waals surface area contributed by atoms with Gasteiger partial charge in [-0.1, -0.05) is 0 Å². The summed E-state index contributed by atoms with van der Waals surface area (Å²) in [6.45, 7) is 6.96. The zero-order valence-electron chi connectivity index (χ0n) is 18.4. The van der Waals surface area contributed by atoms with Gasteiger partial charge in [0.1, 0.15) is 5.82 Å². The van der Waals surface area contributed by atoms with Crippen molar-refractivity contribution >= 4 is 30.9 Å². The molecule has 4 rings (SSSR count). The second-order valence-electron chi connectivity index (χ2n) is 8.58. The van der Waals surface area contributed by atoms with Crippen molar-refractivity contribution in [3.63, 3.8) is 0 Å². The first-order valence-electron chi connectivity index (χ1n) is 10.7. The van der Waals surface area contributed by atoms with Gasteiger partial charge >= 0.3 is 0 Å². The number of sulfone groups is 1. The Bertz CT molecular complexity index is 1170. The lowest BCUT2D eigenvalue weighted by atomic mass is 10.2. The molecule has 0 spiro atoms.